The van der Waals surface area contributed by atoms with Crippen LogP contribution < -0.4 is 0 Å². The van der Waals surface area contributed by atoms with Gasteiger partial charge in [0.1, 0.15) is 5.82 Å². The minimum Gasteiger partial charge on any atom is -0.292 e. The lowest BCUT2D eigenvalue weighted by Crippen LogP contribution is -2.09. The predicted molar refractivity (Wildman–Crippen MR) is 178 cm³/mol. The summed E-state index contributed by atoms with van der Waals surface area (Å²) in [6.07, 6.45) is 0. The summed E-state index contributed by atoms with van der Waals surface area (Å²) in [5.74, 6) is 1.68. The zero-order valence-electron chi connectivity index (χ0n) is 24.3. The summed E-state index contributed by atoms with van der Waals surface area (Å²) < 4.78 is 5.09. The Hall–Kier alpha value is -4.21. The minimum atomic E-state index is 0.339. The number of benzene rings is 5. The van der Waals surface area contributed by atoms with Gasteiger partial charge in [0.25, 0.3) is 0 Å². The number of thiophene rings is 1. The molecule has 2 nitrogen and oxygen atoms in total. The molecule has 2 heterocycles. The number of fused-ring (bicyclic) bond motifs is 4. The quantitative estimate of drug-likeness (QED) is 0.208. The lowest BCUT2D eigenvalue weighted by atomic mass is 9.88. The molecule has 7 rings (SSSR count). The Morgan fingerprint density at radius 3 is 1.95 bits per heavy atom. The molecule has 2 aromatic heterocycles. The molecule has 0 aliphatic carbocycles. The Morgan fingerprint density at radius 2 is 1.24 bits per heavy atom. The van der Waals surface area contributed by atoms with Crippen LogP contribution in [0.15, 0.2) is 103 Å². The largest absolute Gasteiger partial charge is 0.292 e. The van der Waals surface area contributed by atoms with Gasteiger partial charge in [-0.25, -0.2) is 4.98 Å². The van der Waals surface area contributed by atoms with E-state index in [2.05, 4.69) is 142 Å². The standard InChI is InChI=1S/C38H34N2S/c1-23(2)29-21-28(26-11-7-6-8-12-26)22-30(24(3)4)37(29)40-34-14-10-9-13-33(34)39-38(40)27-16-18-36-32(20-27)31-19-25(5)15-17-35(31)41-36/h6-24H,1-5H3. The number of rotatable bonds is 5. The van der Waals surface area contributed by atoms with E-state index >= 15 is 0 Å². The first kappa shape index (κ1) is 25.7. The van der Waals surface area contributed by atoms with E-state index < -0.39 is 0 Å². The molecule has 0 unspecified atom stereocenters. The Morgan fingerprint density at radius 1 is 0.610 bits per heavy atom. The Kier molecular flexibility index (Phi) is 6.28. The van der Waals surface area contributed by atoms with Gasteiger partial charge in [0.15, 0.2) is 0 Å². The van der Waals surface area contributed by atoms with Crippen LogP contribution in [-0.4, -0.2) is 9.55 Å². The molecule has 41 heavy (non-hydrogen) atoms. The molecule has 3 heteroatoms. The second kappa shape index (κ2) is 10.0. The summed E-state index contributed by atoms with van der Waals surface area (Å²) in [7, 11) is 0. The van der Waals surface area contributed by atoms with Gasteiger partial charge in [-0.3, -0.25) is 4.57 Å². The average molecular weight is 551 g/mol. The van der Waals surface area contributed by atoms with Crippen molar-refractivity contribution in [1.29, 1.82) is 0 Å². The topological polar surface area (TPSA) is 17.8 Å². The molecule has 0 aliphatic rings. The van der Waals surface area contributed by atoms with Gasteiger partial charge in [0.05, 0.1) is 16.7 Å². The van der Waals surface area contributed by atoms with Crippen molar-refractivity contribution < 1.29 is 0 Å². The molecular formula is C38H34N2S. The number of hydrogen-bond donors (Lipinski definition) is 0. The molecule has 0 spiro atoms. The van der Waals surface area contributed by atoms with Crippen LogP contribution in [0.4, 0.5) is 0 Å². The Bertz CT molecular complexity index is 2030. The third-order valence-corrected chi connectivity index (χ3v) is 9.34. The predicted octanol–water partition coefficient (Wildman–Crippen LogP) is 11.3. The summed E-state index contributed by atoms with van der Waals surface area (Å²) in [6.45, 7) is 11.4. The molecule has 7 aromatic rings. The number of aryl methyl sites for hydroxylation is 1. The molecule has 0 radical (unpaired) electrons. The van der Waals surface area contributed by atoms with E-state index in [-0.39, 0.29) is 0 Å². The Balaban J connectivity index is 1.55. The van der Waals surface area contributed by atoms with Crippen LogP contribution in [0.5, 0.6) is 0 Å². The maximum absolute atomic E-state index is 5.30. The second-order valence-electron chi connectivity index (χ2n) is 11.8. The van der Waals surface area contributed by atoms with Crippen LogP contribution in [-0.2, 0) is 0 Å². The van der Waals surface area contributed by atoms with Crippen LogP contribution in [0.25, 0.3) is 59.4 Å². The third kappa shape index (κ3) is 4.36. The first-order chi connectivity index (χ1) is 19.9. The van der Waals surface area contributed by atoms with Crippen molar-refractivity contribution in [2.45, 2.75) is 46.5 Å². The minimum absolute atomic E-state index is 0.339. The van der Waals surface area contributed by atoms with Crippen LogP contribution in [0.2, 0.25) is 0 Å². The van der Waals surface area contributed by atoms with E-state index in [1.54, 1.807) is 0 Å². The average Bonchev–Trinajstić information content (AvgIpc) is 3.54. The highest BCUT2D eigenvalue weighted by molar-refractivity contribution is 7.25. The zero-order chi connectivity index (χ0) is 28.2. The van der Waals surface area contributed by atoms with E-state index in [1.165, 1.54) is 53.7 Å². The van der Waals surface area contributed by atoms with E-state index in [1.807, 2.05) is 11.3 Å². The van der Waals surface area contributed by atoms with Crippen LogP contribution >= 0.6 is 11.3 Å². The molecule has 0 atom stereocenters. The van der Waals surface area contributed by atoms with Gasteiger partial charge in [0, 0.05) is 25.7 Å². The highest BCUT2D eigenvalue weighted by Crippen LogP contribution is 2.42. The van der Waals surface area contributed by atoms with Crippen molar-refractivity contribution >= 4 is 42.5 Å². The Labute approximate surface area is 245 Å². The van der Waals surface area contributed by atoms with E-state index in [4.69, 9.17) is 4.98 Å². The molecule has 0 bridgehead atoms. The number of para-hydroxylation sites is 2. The summed E-state index contributed by atoms with van der Waals surface area (Å²) >= 11 is 1.86. The number of aromatic nitrogens is 2. The molecule has 0 fully saturated rings. The summed E-state index contributed by atoms with van der Waals surface area (Å²) in [4.78, 5) is 5.30. The number of nitrogens with zero attached hydrogens (tertiary/aromatic N) is 2. The molecule has 0 saturated heterocycles. The fourth-order valence-electron chi connectivity index (χ4n) is 6.09. The van der Waals surface area contributed by atoms with Crippen molar-refractivity contribution in [3.8, 4) is 28.2 Å². The van der Waals surface area contributed by atoms with Gasteiger partial charge in [-0.2, -0.15) is 0 Å². The normalized spacial score (nSPS) is 12.0. The van der Waals surface area contributed by atoms with Gasteiger partial charge in [-0.1, -0.05) is 81.8 Å². The zero-order valence-corrected chi connectivity index (χ0v) is 25.1. The fourth-order valence-corrected chi connectivity index (χ4v) is 7.16. The van der Waals surface area contributed by atoms with E-state index in [0.29, 0.717) is 11.8 Å². The summed E-state index contributed by atoms with van der Waals surface area (Å²) in [6, 6.07) is 37.8. The highest BCUT2D eigenvalue weighted by Gasteiger charge is 2.23. The van der Waals surface area contributed by atoms with Crippen molar-refractivity contribution in [3.63, 3.8) is 0 Å². The van der Waals surface area contributed by atoms with Crippen molar-refractivity contribution in [3.05, 3.63) is 120 Å². The van der Waals surface area contributed by atoms with Gasteiger partial charge in [-0.05, 0) is 95.6 Å². The lowest BCUT2D eigenvalue weighted by molar-refractivity contribution is 0.811. The van der Waals surface area contributed by atoms with Gasteiger partial charge < -0.3 is 0 Å². The maximum Gasteiger partial charge on any atom is 0.145 e. The van der Waals surface area contributed by atoms with E-state index in [9.17, 15) is 0 Å². The van der Waals surface area contributed by atoms with Gasteiger partial charge >= 0.3 is 0 Å². The molecule has 0 N–H and O–H groups in total. The monoisotopic (exact) mass is 550 g/mol. The van der Waals surface area contributed by atoms with Crippen LogP contribution in [0.1, 0.15) is 56.2 Å². The van der Waals surface area contributed by atoms with Crippen molar-refractivity contribution in [2.75, 3.05) is 0 Å². The van der Waals surface area contributed by atoms with Crippen molar-refractivity contribution in [2.24, 2.45) is 0 Å². The molecule has 0 saturated carbocycles. The van der Waals surface area contributed by atoms with E-state index in [0.717, 1.165) is 22.4 Å². The van der Waals surface area contributed by atoms with Gasteiger partial charge in [-0.15, -0.1) is 11.3 Å². The number of imidazole rings is 1. The van der Waals surface area contributed by atoms with Gasteiger partial charge in [0.2, 0.25) is 0 Å². The third-order valence-electron chi connectivity index (χ3n) is 8.19. The number of hydrogen-bond acceptors (Lipinski definition) is 2. The molecule has 202 valence electrons. The summed E-state index contributed by atoms with van der Waals surface area (Å²) in [5.41, 5.74) is 11.1. The lowest BCUT2D eigenvalue weighted by Gasteiger charge is -2.24. The molecule has 0 aliphatic heterocycles. The SMILES string of the molecule is Cc1ccc2sc3ccc(-c4nc5ccccc5n4-c4c(C(C)C)cc(-c5ccccc5)cc4C(C)C)cc3c2c1. The first-order valence-corrected chi connectivity index (χ1v) is 15.3. The summed E-state index contributed by atoms with van der Waals surface area (Å²) in [5, 5.41) is 2.63. The fraction of sp³-hybridized carbons (Fsp3) is 0.184. The maximum atomic E-state index is 5.30. The first-order valence-electron chi connectivity index (χ1n) is 14.5. The van der Waals surface area contributed by atoms with Crippen molar-refractivity contribution in [1.82, 2.24) is 9.55 Å². The molecule has 5 aromatic carbocycles. The molecule has 0 amide bonds. The second-order valence-corrected chi connectivity index (χ2v) is 12.8. The smallest absolute Gasteiger partial charge is 0.145 e. The molecular weight excluding hydrogens is 516 g/mol. The highest BCUT2D eigenvalue weighted by atomic mass is 32.1. The van der Waals surface area contributed by atoms with Crippen LogP contribution in [0, 0.1) is 6.92 Å². The van der Waals surface area contributed by atoms with Crippen LogP contribution in [0.3, 0.4) is 0 Å².